The van der Waals surface area contributed by atoms with E-state index in [9.17, 15) is 4.79 Å². The largest absolute Gasteiger partial charge is 0.325 e. The van der Waals surface area contributed by atoms with Crippen LogP contribution in [0, 0.1) is 0 Å². The Labute approximate surface area is 100 Å². The first-order valence-electron chi connectivity index (χ1n) is 4.34. The van der Waals surface area contributed by atoms with Crippen LogP contribution in [0.3, 0.4) is 0 Å². The van der Waals surface area contributed by atoms with Gasteiger partial charge in [-0.2, -0.15) is 0 Å². The zero-order valence-corrected chi connectivity index (χ0v) is 10.3. The van der Waals surface area contributed by atoms with E-state index in [4.69, 9.17) is 5.73 Å². The minimum absolute atomic E-state index is 0. The van der Waals surface area contributed by atoms with Crippen LogP contribution in [-0.2, 0) is 4.79 Å². The molecule has 0 aliphatic heterocycles. The summed E-state index contributed by atoms with van der Waals surface area (Å²) in [6, 6.07) is 7.18. The van der Waals surface area contributed by atoms with E-state index in [-0.39, 0.29) is 18.3 Å². The summed E-state index contributed by atoms with van der Waals surface area (Å²) < 4.78 is 0. The van der Waals surface area contributed by atoms with E-state index < -0.39 is 6.04 Å². The summed E-state index contributed by atoms with van der Waals surface area (Å²) in [5, 5.41) is 2.72. The highest BCUT2D eigenvalue weighted by Crippen LogP contribution is 2.17. The lowest BCUT2D eigenvalue weighted by atomic mass is 10.3. The minimum atomic E-state index is -0.477. The predicted octanol–water partition coefficient (Wildman–Crippen LogP) is 2.12. The Balaban J connectivity index is 0.00000196. The van der Waals surface area contributed by atoms with Crippen LogP contribution >= 0.6 is 24.2 Å². The summed E-state index contributed by atoms with van der Waals surface area (Å²) in [6.45, 7) is 1.66. The van der Waals surface area contributed by atoms with Crippen LogP contribution < -0.4 is 11.1 Å². The Morgan fingerprint density at radius 3 is 2.33 bits per heavy atom. The normalized spacial score (nSPS) is 11.4. The molecule has 1 aromatic carbocycles. The van der Waals surface area contributed by atoms with Gasteiger partial charge in [-0.25, -0.2) is 0 Å². The highest BCUT2D eigenvalue weighted by molar-refractivity contribution is 7.98. The maximum absolute atomic E-state index is 11.2. The van der Waals surface area contributed by atoms with Gasteiger partial charge in [-0.15, -0.1) is 24.2 Å². The van der Waals surface area contributed by atoms with Gasteiger partial charge in [0.15, 0.2) is 0 Å². The highest BCUT2D eigenvalue weighted by Gasteiger charge is 2.06. The molecule has 1 unspecified atom stereocenters. The number of carbonyl (C=O) groups is 1. The first-order chi connectivity index (χ1) is 6.63. The second-order valence-electron chi connectivity index (χ2n) is 3.01. The molecule has 0 spiro atoms. The molecule has 0 aromatic heterocycles. The molecule has 0 heterocycles. The molecule has 0 saturated heterocycles. The van der Waals surface area contributed by atoms with Crippen molar-refractivity contribution in [1.82, 2.24) is 0 Å². The molecule has 1 amide bonds. The van der Waals surface area contributed by atoms with Gasteiger partial charge in [0.05, 0.1) is 6.04 Å². The van der Waals surface area contributed by atoms with Crippen LogP contribution in [0.5, 0.6) is 0 Å². The molecule has 84 valence electrons. The molecule has 5 heteroatoms. The maximum Gasteiger partial charge on any atom is 0.240 e. The number of halogens is 1. The molecule has 0 bridgehead atoms. The van der Waals surface area contributed by atoms with E-state index in [1.807, 2.05) is 30.5 Å². The average molecular weight is 247 g/mol. The average Bonchev–Trinajstić information content (AvgIpc) is 2.19. The lowest BCUT2D eigenvalue weighted by Crippen LogP contribution is -2.32. The van der Waals surface area contributed by atoms with Crippen molar-refractivity contribution in [3.8, 4) is 0 Å². The summed E-state index contributed by atoms with van der Waals surface area (Å²) in [5.74, 6) is -0.165. The fourth-order valence-corrected chi connectivity index (χ4v) is 1.34. The zero-order chi connectivity index (χ0) is 10.6. The van der Waals surface area contributed by atoms with Crippen molar-refractivity contribution in [2.45, 2.75) is 17.9 Å². The molecule has 1 rings (SSSR count). The van der Waals surface area contributed by atoms with Crippen molar-refractivity contribution in [2.24, 2.45) is 5.73 Å². The lowest BCUT2D eigenvalue weighted by molar-refractivity contribution is -0.117. The van der Waals surface area contributed by atoms with Gasteiger partial charge in [0.1, 0.15) is 0 Å². The Bertz CT molecular complexity index is 314. The summed E-state index contributed by atoms with van der Waals surface area (Å²) in [6.07, 6.45) is 2.01. The summed E-state index contributed by atoms with van der Waals surface area (Å²) >= 11 is 1.67. The monoisotopic (exact) mass is 246 g/mol. The Morgan fingerprint density at radius 1 is 1.40 bits per heavy atom. The first kappa shape index (κ1) is 14.3. The number of rotatable bonds is 3. The standard InChI is InChI=1S/C10H14N2OS.ClH/c1-7(11)10(13)12-8-3-5-9(14-2)6-4-8;/h3-7H,11H2,1-2H3,(H,12,13);1H. The Kier molecular flexibility index (Phi) is 6.40. The van der Waals surface area contributed by atoms with Gasteiger partial charge in [-0.1, -0.05) is 0 Å². The van der Waals surface area contributed by atoms with Gasteiger partial charge in [-0.05, 0) is 37.4 Å². The number of thioether (sulfide) groups is 1. The number of benzene rings is 1. The zero-order valence-electron chi connectivity index (χ0n) is 8.69. The van der Waals surface area contributed by atoms with Crippen LogP contribution in [-0.4, -0.2) is 18.2 Å². The SMILES string of the molecule is CSc1ccc(NC(=O)C(C)N)cc1.Cl. The number of hydrogen-bond acceptors (Lipinski definition) is 3. The third kappa shape index (κ3) is 4.55. The fourth-order valence-electron chi connectivity index (χ4n) is 0.930. The number of carbonyl (C=O) groups excluding carboxylic acids is 1. The molecule has 1 atom stereocenters. The molecule has 1 aromatic rings. The van der Waals surface area contributed by atoms with Gasteiger partial charge in [0, 0.05) is 10.6 Å². The lowest BCUT2D eigenvalue weighted by Gasteiger charge is -2.07. The molecular weight excluding hydrogens is 232 g/mol. The van der Waals surface area contributed by atoms with E-state index in [2.05, 4.69) is 5.32 Å². The molecule has 0 aliphatic carbocycles. The topological polar surface area (TPSA) is 55.1 Å². The summed E-state index contributed by atoms with van der Waals surface area (Å²) in [7, 11) is 0. The molecule has 0 aliphatic rings. The van der Waals surface area contributed by atoms with Crippen LogP contribution in [0.15, 0.2) is 29.2 Å². The van der Waals surface area contributed by atoms with Gasteiger partial charge < -0.3 is 11.1 Å². The van der Waals surface area contributed by atoms with E-state index >= 15 is 0 Å². The van der Waals surface area contributed by atoms with Crippen molar-refractivity contribution in [3.05, 3.63) is 24.3 Å². The second kappa shape index (κ2) is 6.71. The number of hydrogen-bond donors (Lipinski definition) is 2. The van der Waals surface area contributed by atoms with Gasteiger partial charge in [0.25, 0.3) is 0 Å². The predicted molar refractivity (Wildman–Crippen MR) is 67.8 cm³/mol. The molecule has 0 fully saturated rings. The van der Waals surface area contributed by atoms with Crippen LogP contribution in [0.25, 0.3) is 0 Å². The highest BCUT2D eigenvalue weighted by atomic mass is 35.5. The fraction of sp³-hybridized carbons (Fsp3) is 0.300. The third-order valence-electron chi connectivity index (χ3n) is 1.77. The second-order valence-corrected chi connectivity index (χ2v) is 3.89. The summed E-state index contributed by atoms with van der Waals surface area (Å²) in [4.78, 5) is 12.4. The van der Waals surface area contributed by atoms with Crippen molar-refractivity contribution >= 4 is 35.8 Å². The first-order valence-corrected chi connectivity index (χ1v) is 5.56. The minimum Gasteiger partial charge on any atom is -0.325 e. The smallest absolute Gasteiger partial charge is 0.240 e. The van der Waals surface area contributed by atoms with Crippen molar-refractivity contribution in [1.29, 1.82) is 0 Å². The van der Waals surface area contributed by atoms with Gasteiger partial charge in [-0.3, -0.25) is 4.79 Å². The molecule has 3 nitrogen and oxygen atoms in total. The van der Waals surface area contributed by atoms with E-state index in [1.54, 1.807) is 18.7 Å². The third-order valence-corrected chi connectivity index (χ3v) is 2.51. The summed E-state index contributed by atoms with van der Waals surface area (Å²) in [5.41, 5.74) is 6.21. The number of amides is 1. The van der Waals surface area contributed by atoms with Gasteiger partial charge >= 0.3 is 0 Å². The Hall–Kier alpha value is -0.710. The maximum atomic E-state index is 11.2. The quantitative estimate of drug-likeness (QED) is 0.804. The molecule has 3 N–H and O–H groups in total. The van der Waals surface area contributed by atoms with Crippen molar-refractivity contribution in [2.75, 3.05) is 11.6 Å². The molecular formula is C10H15ClN2OS. The molecule has 0 radical (unpaired) electrons. The van der Waals surface area contributed by atoms with Crippen molar-refractivity contribution < 1.29 is 4.79 Å². The molecule has 15 heavy (non-hydrogen) atoms. The van der Waals surface area contributed by atoms with Gasteiger partial charge in [0.2, 0.25) is 5.91 Å². The number of anilines is 1. The van der Waals surface area contributed by atoms with Crippen LogP contribution in [0.4, 0.5) is 5.69 Å². The van der Waals surface area contributed by atoms with E-state index in [1.165, 1.54) is 4.90 Å². The van der Waals surface area contributed by atoms with Crippen molar-refractivity contribution in [3.63, 3.8) is 0 Å². The number of nitrogens with two attached hydrogens (primary N) is 1. The molecule has 0 saturated carbocycles. The van der Waals surface area contributed by atoms with Crippen LogP contribution in [0.2, 0.25) is 0 Å². The van der Waals surface area contributed by atoms with E-state index in [0.29, 0.717) is 0 Å². The van der Waals surface area contributed by atoms with E-state index in [0.717, 1.165) is 5.69 Å². The van der Waals surface area contributed by atoms with Crippen LogP contribution in [0.1, 0.15) is 6.92 Å². The number of nitrogens with one attached hydrogen (secondary N) is 1. The Morgan fingerprint density at radius 2 is 1.93 bits per heavy atom.